The molecule has 21 heavy (non-hydrogen) atoms. The number of rotatable bonds is 8. The van der Waals surface area contributed by atoms with E-state index in [0.29, 0.717) is 30.8 Å². The Bertz CT molecular complexity index is 549. The van der Waals surface area contributed by atoms with Crippen LogP contribution in [0, 0.1) is 0 Å². The maximum Gasteiger partial charge on any atom is 0.224 e. The van der Waals surface area contributed by atoms with Gasteiger partial charge in [-0.15, -0.1) is 12.4 Å². The lowest BCUT2D eigenvalue weighted by Crippen LogP contribution is -2.14. The van der Waals surface area contributed by atoms with Crippen LogP contribution in [0.3, 0.4) is 0 Å². The standard InChI is InChI=1S/C13H20N2O4S.ClH/c1-20(17,18)9-8-19-12-5-2-4-11(10-12)15-13(16)6-3-7-14;/h2,4-5,10H,3,6-9,14H2,1H3,(H,15,16);1H. The van der Waals surface area contributed by atoms with Crippen molar-refractivity contribution in [1.29, 1.82) is 0 Å². The van der Waals surface area contributed by atoms with Crippen molar-refractivity contribution in [3.05, 3.63) is 24.3 Å². The predicted octanol–water partition coefficient (Wildman–Crippen LogP) is 1.21. The third-order valence-corrected chi connectivity index (χ3v) is 3.36. The molecule has 0 spiro atoms. The fraction of sp³-hybridized carbons (Fsp3) is 0.462. The topological polar surface area (TPSA) is 98.5 Å². The average Bonchev–Trinajstić information content (AvgIpc) is 2.35. The molecular formula is C13H21ClN2O4S. The highest BCUT2D eigenvalue weighted by molar-refractivity contribution is 7.90. The van der Waals surface area contributed by atoms with Gasteiger partial charge < -0.3 is 15.8 Å². The van der Waals surface area contributed by atoms with Gasteiger partial charge in [0.2, 0.25) is 5.91 Å². The summed E-state index contributed by atoms with van der Waals surface area (Å²) < 4.78 is 27.3. The second-order valence-electron chi connectivity index (χ2n) is 4.45. The Kier molecular flexibility index (Phi) is 9.00. The first-order valence-electron chi connectivity index (χ1n) is 6.31. The smallest absolute Gasteiger partial charge is 0.224 e. The number of sulfone groups is 1. The van der Waals surface area contributed by atoms with E-state index in [1.165, 1.54) is 0 Å². The van der Waals surface area contributed by atoms with Gasteiger partial charge >= 0.3 is 0 Å². The molecule has 0 aliphatic heterocycles. The van der Waals surface area contributed by atoms with E-state index >= 15 is 0 Å². The number of benzene rings is 1. The number of halogens is 1. The van der Waals surface area contributed by atoms with E-state index in [2.05, 4.69) is 5.32 Å². The summed E-state index contributed by atoms with van der Waals surface area (Å²) in [4.78, 5) is 11.5. The molecule has 1 aromatic rings. The van der Waals surface area contributed by atoms with Crippen LogP contribution in [0.15, 0.2) is 24.3 Å². The van der Waals surface area contributed by atoms with Crippen LogP contribution in [0.5, 0.6) is 5.75 Å². The van der Waals surface area contributed by atoms with Crippen molar-refractivity contribution in [3.63, 3.8) is 0 Å². The van der Waals surface area contributed by atoms with E-state index < -0.39 is 9.84 Å². The lowest BCUT2D eigenvalue weighted by molar-refractivity contribution is -0.116. The molecule has 0 radical (unpaired) electrons. The third kappa shape index (κ3) is 9.28. The van der Waals surface area contributed by atoms with Gasteiger partial charge in [0.1, 0.15) is 12.4 Å². The Morgan fingerprint density at radius 3 is 2.71 bits per heavy atom. The van der Waals surface area contributed by atoms with Crippen LogP contribution >= 0.6 is 12.4 Å². The van der Waals surface area contributed by atoms with Gasteiger partial charge in [-0.05, 0) is 25.1 Å². The Balaban J connectivity index is 0.00000400. The van der Waals surface area contributed by atoms with Gasteiger partial charge in [-0.25, -0.2) is 8.42 Å². The van der Waals surface area contributed by atoms with Crippen LogP contribution < -0.4 is 15.8 Å². The number of anilines is 1. The molecule has 6 nitrogen and oxygen atoms in total. The predicted molar refractivity (Wildman–Crippen MR) is 85.8 cm³/mol. The van der Waals surface area contributed by atoms with Gasteiger partial charge in [-0.2, -0.15) is 0 Å². The highest BCUT2D eigenvalue weighted by atomic mass is 35.5. The fourth-order valence-corrected chi connectivity index (χ4v) is 1.85. The second kappa shape index (κ2) is 9.59. The number of ether oxygens (including phenoxy) is 1. The molecule has 0 bridgehead atoms. The first-order valence-corrected chi connectivity index (χ1v) is 8.37. The number of hydrogen-bond donors (Lipinski definition) is 2. The van der Waals surface area contributed by atoms with Crippen LogP contribution in [0.25, 0.3) is 0 Å². The summed E-state index contributed by atoms with van der Waals surface area (Å²) in [7, 11) is -3.04. The molecule has 0 atom stereocenters. The Morgan fingerprint density at radius 1 is 1.38 bits per heavy atom. The fourth-order valence-electron chi connectivity index (χ4n) is 1.46. The minimum Gasteiger partial charge on any atom is -0.492 e. The molecular weight excluding hydrogens is 316 g/mol. The summed E-state index contributed by atoms with van der Waals surface area (Å²) >= 11 is 0. The van der Waals surface area contributed by atoms with Crippen LogP contribution in [-0.2, 0) is 14.6 Å². The van der Waals surface area contributed by atoms with E-state index in [1.54, 1.807) is 24.3 Å². The first-order chi connectivity index (χ1) is 9.40. The number of amides is 1. The van der Waals surface area contributed by atoms with Crippen molar-refractivity contribution in [2.75, 3.05) is 30.5 Å². The van der Waals surface area contributed by atoms with Crippen molar-refractivity contribution >= 4 is 33.8 Å². The number of hydrogen-bond acceptors (Lipinski definition) is 5. The van der Waals surface area contributed by atoms with Crippen LogP contribution in [0.2, 0.25) is 0 Å². The Labute approximate surface area is 131 Å². The minimum absolute atomic E-state index is 0. The molecule has 0 fully saturated rings. The largest absolute Gasteiger partial charge is 0.492 e. The normalized spacial score (nSPS) is 10.6. The molecule has 120 valence electrons. The monoisotopic (exact) mass is 336 g/mol. The van der Waals surface area contributed by atoms with Gasteiger partial charge in [0.15, 0.2) is 9.84 Å². The van der Waals surface area contributed by atoms with Gasteiger partial charge in [0, 0.05) is 24.4 Å². The summed E-state index contributed by atoms with van der Waals surface area (Å²) in [5.41, 5.74) is 5.95. The van der Waals surface area contributed by atoms with Gasteiger partial charge in [-0.1, -0.05) is 6.07 Å². The van der Waals surface area contributed by atoms with E-state index in [9.17, 15) is 13.2 Å². The van der Waals surface area contributed by atoms with E-state index in [-0.39, 0.29) is 30.7 Å². The maximum atomic E-state index is 11.5. The summed E-state index contributed by atoms with van der Waals surface area (Å²) in [5.74, 6) is 0.370. The maximum absolute atomic E-state index is 11.5. The summed E-state index contributed by atoms with van der Waals surface area (Å²) in [6, 6.07) is 6.83. The molecule has 1 rings (SSSR count). The molecule has 3 N–H and O–H groups in total. The van der Waals surface area contributed by atoms with Gasteiger partial charge in [-0.3, -0.25) is 4.79 Å². The van der Waals surface area contributed by atoms with Crippen molar-refractivity contribution in [1.82, 2.24) is 0 Å². The summed E-state index contributed by atoms with van der Waals surface area (Å²) in [6.45, 7) is 0.561. The van der Waals surface area contributed by atoms with Crippen LogP contribution in [0.1, 0.15) is 12.8 Å². The number of carbonyl (C=O) groups excluding carboxylic acids is 1. The summed E-state index contributed by atoms with van der Waals surface area (Å²) in [6.07, 6.45) is 2.16. The van der Waals surface area contributed by atoms with Gasteiger partial charge in [0.25, 0.3) is 0 Å². The molecule has 0 heterocycles. The molecule has 0 aliphatic carbocycles. The number of carbonyl (C=O) groups is 1. The molecule has 0 aromatic heterocycles. The van der Waals surface area contributed by atoms with Gasteiger partial charge in [0.05, 0.1) is 5.75 Å². The molecule has 0 unspecified atom stereocenters. The molecule has 1 aromatic carbocycles. The molecule has 0 saturated heterocycles. The van der Waals surface area contributed by atoms with Crippen molar-refractivity contribution < 1.29 is 17.9 Å². The highest BCUT2D eigenvalue weighted by Crippen LogP contribution is 2.17. The number of nitrogens with one attached hydrogen (secondary N) is 1. The Hall–Kier alpha value is -1.31. The number of nitrogens with two attached hydrogens (primary N) is 1. The van der Waals surface area contributed by atoms with E-state index in [1.807, 2.05) is 0 Å². The zero-order valence-electron chi connectivity index (χ0n) is 11.9. The SMILES string of the molecule is CS(=O)(=O)CCOc1cccc(NC(=O)CCCN)c1.Cl. The second-order valence-corrected chi connectivity index (χ2v) is 6.71. The summed E-state index contributed by atoms with van der Waals surface area (Å²) in [5, 5.41) is 2.73. The quantitative estimate of drug-likeness (QED) is 0.743. The lowest BCUT2D eigenvalue weighted by Gasteiger charge is -2.08. The first kappa shape index (κ1) is 19.7. The molecule has 0 saturated carbocycles. The Morgan fingerprint density at radius 2 is 2.10 bits per heavy atom. The lowest BCUT2D eigenvalue weighted by atomic mass is 10.2. The zero-order valence-corrected chi connectivity index (χ0v) is 13.5. The van der Waals surface area contributed by atoms with Crippen LogP contribution in [0.4, 0.5) is 5.69 Å². The molecule has 0 aliphatic rings. The van der Waals surface area contributed by atoms with Crippen LogP contribution in [-0.4, -0.2) is 39.5 Å². The van der Waals surface area contributed by atoms with Crippen molar-refractivity contribution in [3.8, 4) is 5.75 Å². The van der Waals surface area contributed by atoms with Crippen molar-refractivity contribution in [2.24, 2.45) is 5.73 Å². The van der Waals surface area contributed by atoms with Crippen molar-refractivity contribution in [2.45, 2.75) is 12.8 Å². The average molecular weight is 337 g/mol. The molecule has 8 heteroatoms. The molecule has 1 amide bonds. The minimum atomic E-state index is -3.04. The zero-order chi connectivity index (χ0) is 15.0. The highest BCUT2D eigenvalue weighted by Gasteiger charge is 2.05. The third-order valence-electron chi connectivity index (χ3n) is 2.45. The van der Waals surface area contributed by atoms with E-state index in [0.717, 1.165) is 6.26 Å². The van der Waals surface area contributed by atoms with E-state index in [4.69, 9.17) is 10.5 Å².